The van der Waals surface area contributed by atoms with Gasteiger partial charge in [-0.3, -0.25) is 14.4 Å². The molecule has 3 aliphatic rings. The van der Waals surface area contributed by atoms with Crippen LogP contribution in [-0.2, 0) is 15.2 Å². The third kappa shape index (κ3) is 2.29. The van der Waals surface area contributed by atoms with Crippen molar-refractivity contribution in [1.29, 1.82) is 0 Å². The number of Topliss-reactive ketones (excluding diaryl/α,β-unsaturated/α-hetero) is 2. The minimum atomic E-state index is -2.47. The normalized spacial score (nSPS) is 38.9. The van der Waals surface area contributed by atoms with Crippen molar-refractivity contribution in [3.8, 4) is 5.75 Å². The van der Waals surface area contributed by atoms with Gasteiger partial charge in [-0.2, -0.15) is 0 Å². The largest absolute Gasteiger partial charge is 0.508 e. The Bertz CT molecular complexity index is 996. The summed E-state index contributed by atoms with van der Waals surface area (Å²) in [6.45, 7) is 1.43. The molecule has 3 aliphatic carbocycles. The Hall–Kier alpha value is -2.75. The first kappa shape index (κ1) is 19.6. The molecule has 0 spiro atoms. The Morgan fingerprint density at radius 3 is 2.48 bits per heavy atom. The summed E-state index contributed by atoms with van der Waals surface area (Å²) in [5.41, 5.74) is 0.218. The molecule has 0 aromatic heterocycles. The molecule has 1 saturated carbocycles. The number of aliphatic hydroxyl groups excluding tert-OH is 2. The van der Waals surface area contributed by atoms with Gasteiger partial charge in [0.15, 0.2) is 17.2 Å². The zero-order valence-electron chi connectivity index (χ0n) is 15.5. The molecule has 29 heavy (non-hydrogen) atoms. The van der Waals surface area contributed by atoms with E-state index in [0.29, 0.717) is 0 Å². The number of hydrogen-bond acceptors (Lipinski definition) is 8. The van der Waals surface area contributed by atoms with Crippen molar-refractivity contribution in [3.05, 3.63) is 40.7 Å². The third-order valence-corrected chi connectivity index (χ3v) is 6.82. The summed E-state index contributed by atoms with van der Waals surface area (Å²) in [6, 6.07) is 4.23. The molecule has 6 atom stereocenters. The molecule has 9 nitrogen and oxygen atoms in total. The third-order valence-electron chi connectivity index (χ3n) is 6.82. The van der Waals surface area contributed by atoms with E-state index in [4.69, 9.17) is 5.73 Å². The van der Waals surface area contributed by atoms with E-state index in [1.165, 1.54) is 25.1 Å². The van der Waals surface area contributed by atoms with Crippen LogP contribution in [0.5, 0.6) is 5.75 Å². The van der Waals surface area contributed by atoms with Crippen LogP contribution in [0.2, 0.25) is 0 Å². The van der Waals surface area contributed by atoms with Crippen LogP contribution in [-0.4, -0.2) is 54.7 Å². The van der Waals surface area contributed by atoms with Gasteiger partial charge in [-0.1, -0.05) is 12.1 Å². The quantitative estimate of drug-likeness (QED) is 0.337. The first-order chi connectivity index (χ1) is 13.4. The number of aromatic hydroxyl groups is 1. The Morgan fingerprint density at radius 1 is 1.21 bits per heavy atom. The lowest BCUT2D eigenvalue weighted by atomic mass is 9.51. The van der Waals surface area contributed by atoms with Crippen LogP contribution in [0.4, 0.5) is 0 Å². The van der Waals surface area contributed by atoms with E-state index >= 15 is 0 Å². The van der Waals surface area contributed by atoms with E-state index in [1.54, 1.807) is 0 Å². The monoisotopic (exact) mass is 403 g/mol. The molecule has 0 saturated heterocycles. The molecule has 0 aliphatic heterocycles. The van der Waals surface area contributed by atoms with Gasteiger partial charge < -0.3 is 31.3 Å². The highest BCUT2D eigenvalue weighted by molar-refractivity contribution is 6.20. The number of carbonyl (C=O) groups excluding carboxylic acids is 3. The molecule has 0 bridgehead atoms. The molecule has 0 heterocycles. The summed E-state index contributed by atoms with van der Waals surface area (Å²) in [7, 11) is 0. The van der Waals surface area contributed by atoms with Crippen LogP contribution in [0.25, 0.3) is 0 Å². The summed E-state index contributed by atoms with van der Waals surface area (Å²) in [6.07, 6.45) is -2.43. The lowest BCUT2D eigenvalue weighted by Gasteiger charge is -2.56. The van der Waals surface area contributed by atoms with E-state index in [0.717, 1.165) is 0 Å². The van der Waals surface area contributed by atoms with E-state index < -0.39 is 70.3 Å². The number of rotatable bonds is 1. The number of phenolic OH excluding ortho intramolecular Hbond substituents is 1. The molecule has 1 amide bonds. The van der Waals surface area contributed by atoms with Crippen molar-refractivity contribution in [3.63, 3.8) is 0 Å². The lowest BCUT2D eigenvalue weighted by Crippen LogP contribution is -2.66. The fourth-order valence-electron chi connectivity index (χ4n) is 5.35. The van der Waals surface area contributed by atoms with Gasteiger partial charge in [-0.25, -0.2) is 0 Å². The van der Waals surface area contributed by atoms with Crippen molar-refractivity contribution in [2.75, 3.05) is 0 Å². The van der Waals surface area contributed by atoms with Crippen LogP contribution in [0, 0.1) is 17.8 Å². The van der Waals surface area contributed by atoms with Gasteiger partial charge in [0.25, 0.3) is 5.91 Å². The van der Waals surface area contributed by atoms with Gasteiger partial charge in [0, 0.05) is 18.3 Å². The number of carbonyl (C=O) groups is 3. The molecule has 0 radical (unpaired) electrons. The highest BCUT2D eigenvalue weighted by Gasteiger charge is 2.66. The second kappa shape index (κ2) is 5.88. The van der Waals surface area contributed by atoms with Crippen LogP contribution in [0.15, 0.2) is 29.5 Å². The maximum absolute atomic E-state index is 13.2. The second-order valence-electron chi connectivity index (χ2n) is 8.26. The van der Waals surface area contributed by atoms with Crippen molar-refractivity contribution in [2.24, 2.45) is 23.5 Å². The van der Waals surface area contributed by atoms with Crippen LogP contribution in [0.1, 0.15) is 35.7 Å². The van der Waals surface area contributed by atoms with Gasteiger partial charge in [0.2, 0.25) is 0 Å². The lowest BCUT2D eigenvalue weighted by molar-refractivity contribution is -0.195. The zero-order valence-corrected chi connectivity index (χ0v) is 15.5. The number of fused-ring (bicyclic) bond motifs is 3. The molecule has 9 heteroatoms. The first-order valence-corrected chi connectivity index (χ1v) is 9.20. The number of hydrogen-bond donors (Lipinski definition) is 6. The van der Waals surface area contributed by atoms with Crippen molar-refractivity contribution >= 4 is 17.5 Å². The second-order valence-corrected chi connectivity index (χ2v) is 8.26. The smallest absolute Gasteiger partial charge is 0.255 e. The summed E-state index contributed by atoms with van der Waals surface area (Å²) in [5.74, 6) is -7.53. The Labute approximate surface area is 165 Å². The van der Waals surface area contributed by atoms with Crippen molar-refractivity contribution in [2.45, 2.75) is 37.1 Å². The summed E-state index contributed by atoms with van der Waals surface area (Å²) >= 11 is 0. The molecule has 2 unspecified atom stereocenters. The maximum Gasteiger partial charge on any atom is 0.255 e. The number of nitrogens with two attached hydrogens (primary N) is 1. The number of aliphatic hydroxyl groups is 4. The van der Waals surface area contributed by atoms with Gasteiger partial charge >= 0.3 is 0 Å². The van der Waals surface area contributed by atoms with Crippen LogP contribution in [0.3, 0.4) is 0 Å². The Balaban J connectivity index is 1.92. The van der Waals surface area contributed by atoms with Gasteiger partial charge in [-0.05, 0) is 25.0 Å². The number of ketones is 2. The zero-order chi connectivity index (χ0) is 21.5. The summed E-state index contributed by atoms with van der Waals surface area (Å²) < 4.78 is 0. The molecule has 4 rings (SSSR count). The summed E-state index contributed by atoms with van der Waals surface area (Å²) in [4.78, 5) is 37.1. The summed E-state index contributed by atoms with van der Waals surface area (Å²) in [5, 5.41) is 54.2. The molecule has 1 fully saturated rings. The first-order valence-electron chi connectivity index (χ1n) is 9.20. The molecule has 1 aromatic rings. The molecular weight excluding hydrogens is 382 g/mol. The molecular formula is C20H21NO8. The number of benzene rings is 1. The number of primary amides is 1. The van der Waals surface area contributed by atoms with E-state index in [1.807, 2.05) is 0 Å². The van der Waals surface area contributed by atoms with Crippen molar-refractivity contribution < 1.29 is 39.9 Å². The fraction of sp³-hybridized carbons (Fsp3) is 0.450. The number of amides is 1. The minimum absolute atomic E-state index is 0.0894. The Kier molecular flexibility index (Phi) is 3.97. The highest BCUT2D eigenvalue weighted by atomic mass is 16.4. The van der Waals surface area contributed by atoms with E-state index in [-0.39, 0.29) is 23.3 Å². The molecule has 7 N–H and O–H groups in total. The average Bonchev–Trinajstić information content (AvgIpc) is 2.62. The van der Waals surface area contributed by atoms with Crippen LogP contribution >= 0.6 is 0 Å². The highest BCUT2D eigenvalue weighted by Crippen LogP contribution is 2.57. The number of phenols is 1. The topological polar surface area (TPSA) is 178 Å². The molecule has 1 aromatic carbocycles. The van der Waals surface area contributed by atoms with Crippen LogP contribution < -0.4 is 5.73 Å². The predicted octanol–water partition coefficient (Wildman–Crippen LogP) is -0.590. The predicted molar refractivity (Wildman–Crippen MR) is 96.5 cm³/mol. The molecule has 154 valence electrons. The van der Waals surface area contributed by atoms with Gasteiger partial charge in [0.05, 0.1) is 17.1 Å². The van der Waals surface area contributed by atoms with Gasteiger partial charge in [0.1, 0.15) is 23.2 Å². The Morgan fingerprint density at radius 2 is 1.86 bits per heavy atom. The standard InChI is InChI=1S/C20H21NO8/c1-19(28)8-3-2-4-10(22)12(8)15(24)13-9(19)5-7-6-11(23)14(18(21)27)17(26)20(7,29)16(13)25/h2-4,7,9,13,16,22,25-26,28-29H,5-6H2,1H3,(H2,21,27)/t7-,9-,13?,16?,19+,20-/m0/s1. The maximum atomic E-state index is 13.2. The average molecular weight is 403 g/mol. The van der Waals surface area contributed by atoms with E-state index in [9.17, 15) is 39.9 Å². The van der Waals surface area contributed by atoms with Crippen molar-refractivity contribution in [1.82, 2.24) is 0 Å². The minimum Gasteiger partial charge on any atom is -0.508 e. The van der Waals surface area contributed by atoms with E-state index in [2.05, 4.69) is 0 Å². The SMILES string of the molecule is C[C@@]1(O)c2cccc(O)c2C(=O)C2C(O)[C@]3(O)C(O)=C(C(N)=O)C(=O)C[C@@H]3C[C@@H]21. The fourth-order valence-corrected chi connectivity index (χ4v) is 5.35. The van der Waals surface area contributed by atoms with Gasteiger partial charge in [-0.15, -0.1) is 0 Å².